The van der Waals surface area contributed by atoms with Gasteiger partial charge < -0.3 is 15.1 Å². The zero-order valence-corrected chi connectivity index (χ0v) is 17.2. The van der Waals surface area contributed by atoms with Crippen LogP contribution in [0.15, 0.2) is 47.5 Å². The fraction of sp³-hybridized carbons (Fsp3) is 0.381. The second-order valence-corrected chi connectivity index (χ2v) is 7.99. The monoisotopic (exact) mass is 398 g/mol. The Morgan fingerprint density at radius 1 is 1.18 bits per heavy atom. The van der Waals surface area contributed by atoms with Crippen molar-refractivity contribution < 1.29 is 9.59 Å². The third kappa shape index (κ3) is 5.25. The van der Waals surface area contributed by atoms with Crippen LogP contribution in [-0.2, 0) is 11.3 Å². The quantitative estimate of drug-likeness (QED) is 0.727. The number of hydrogen-bond donors (Lipinski definition) is 1. The Bertz CT molecular complexity index is 835. The average Bonchev–Trinajstić information content (AvgIpc) is 3.25. The molecule has 2 heterocycles. The molecule has 7 heteroatoms. The summed E-state index contributed by atoms with van der Waals surface area (Å²) in [5, 5.41) is 2.99. The third-order valence-corrected chi connectivity index (χ3v) is 5.73. The van der Waals surface area contributed by atoms with E-state index in [1.807, 2.05) is 30.3 Å². The standard InChI is InChI=1S/C21H26N4O2S/c1-24(2)20(26)15-28-18-8-4-3-7-17(18)21(27)23-14-16-9-10-22-19(13-16)25-11-5-6-12-25/h3-4,7-10,13H,5-6,11-12,14-15H2,1-2H3,(H,23,27). The second-order valence-electron chi connectivity index (χ2n) is 6.97. The molecule has 6 nitrogen and oxygen atoms in total. The molecule has 3 rings (SSSR count). The van der Waals surface area contributed by atoms with Gasteiger partial charge in [0.1, 0.15) is 5.82 Å². The van der Waals surface area contributed by atoms with E-state index in [0.717, 1.165) is 29.4 Å². The van der Waals surface area contributed by atoms with Crippen LogP contribution in [-0.4, -0.2) is 54.6 Å². The van der Waals surface area contributed by atoms with Crippen LogP contribution in [0.3, 0.4) is 0 Å². The summed E-state index contributed by atoms with van der Waals surface area (Å²) in [7, 11) is 3.46. The van der Waals surface area contributed by atoms with Crippen molar-refractivity contribution in [3.63, 3.8) is 0 Å². The van der Waals surface area contributed by atoms with E-state index in [1.54, 1.807) is 31.3 Å². The van der Waals surface area contributed by atoms with Crippen molar-refractivity contribution in [1.82, 2.24) is 15.2 Å². The average molecular weight is 399 g/mol. The fourth-order valence-electron chi connectivity index (χ4n) is 3.02. The number of thioether (sulfide) groups is 1. The molecular weight excluding hydrogens is 372 g/mol. The van der Waals surface area contributed by atoms with Crippen molar-refractivity contribution in [1.29, 1.82) is 0 Å². The van der Waals surface area contributed by atoms with Crippen molar-refractivity contribution in [3.8, 4) is 0 Å². The zero-order chi connectivity index (χ0) is 19.9. The lowest BCUT2D eigenvalue weighted by Crippen LogP contribution is -2.25. The van der Waals surface area contributed by atoms with Crippen molar-refractivity contribution in [3.05, 3.63) is 53.7 Å². The number of anilines is 1. The lowest BCUT2D eigenvalue weighted by atomic mass is 10.2. The van der Waals surface area contributed by atoms with Gasteiger partial charge in [-0.25, -0.2) is 4.98 Å². The molecule has 28 heavy (non-hydrogen) atoms. The van der Waals surface area contributed by atoms with Crippen molar-refractivity contribution in [2.75, 3.05) is 37.8 Å². The van der Waals surface area contributed by atoms with Gasteiger partial charge in [-0.05, 0) is 42.7 Å². The first kappa shape index (κ1) is 20.2. The van der Waals surface area contributed by atoms with Gasteiger partial charge >= 0.3 is 0 Å². The summed E-state index contributed by atoms with van der Waals surface area (Å²) in [6, 6.07) is 11.4. The number of nitrogens with one attached hydrogen (secondary N) is 1. The minimum absolute atomic E-state index is 0.0199. The Morgan fingerprint density at radius 3 is 2.68 bits per heavy atom. The van der Waals surface area contributed by atoms with Gasteiger partial charge in [-0.3, -0.25) is 9.59 Å². The summed E-state index contributed by atoms with van der Waals surface area (Å²) in [6.45, 7) is 2.52. The lowest BCUT2D eigenvalue weighted by Gasteiger charge is -2.17. The molecular formula is C21H26N4O2S. The van der Waals surface area contributed by atoms with Gasteiger partial charge in [0.2, 0.25) is 5.91 Å². The van der Waals surface area contributed by atoms with Crippen molar-refractivity contribution in [2.45, 2.75) is 24.3 Å². The van der Waals surface area contributed by atoms with Crippen LogP contribution >= 0.6 is 11.8 Å². The number of benzene rings is 1. The Labute approximate surface area is 170 Å². The maximum absolute atomic E-state index is 12.7. The molecule has 1 aliphatic heterocycles. The molecule has 0 saturated carbocycles. The highest BCUT2D eigenvalue weighted by Crippen LogP contribution is 2.23. The number of carbonyl (C=O) groups is 2. The van der Waals surface area contributed by atoms with Crippen LogP contribution in [0.25, 0.3) is 0 Å². The van der Waals surface area contributed by atoms with E-state index >= 15 is 0 Å². The minimum atomic E-state index is -0.139. The number of pyridine rings is 1. The summed E-state index contributed by atoms with van der Waals surface area (Å²) < 4.78 is 0. The minimum Gasteiger partial charge on any atom is -0.357 e. The van der Waals surface area contributed by atoms with E-state index < -0.39 is 0 Å². The van der Waals surface area contributed by atoms with Gasteiger partial charge in [0.05, 0.1) is 11.3 Å². The van der Waals surface area contributed by atoms with Gasteiger partial charge in [-0.15, -0.1) is 11.8 Å². The largest absolute Gasteiger partial charge is 0.357 e. The van der Waals surface area contributed by atoms with Gasteiger partial charge in [0, 0.05) is 44.8 Å². The number of carbonyl (C=O) groups excluding carboxylic acids is 2. The lowest BCUT2D eigenvalue weighted by molar-refractivity contribution is -0.125. The van der Waals surface area contributed by atoms with Gasteiger partial charge in [-0.1, -0.05) is 12.1 Å². The van der Waals surface area contributed by atoms with Gasteiger partial charge in [0.15, 0.2) is 0 Å². The van der Waals surface area contributed by atoms with Crippen molar-refractivity contribution in [2.24, 2.45) is 0 Å². The first-order chi connectivity index (χ1) is 13.5. The molecule has 2 aromatic rings. The van der Waals surface area contributed by atoms with E-state index in [0.29, 0.717) is 17.9 Å². The molecule has 0 spiro atoms. The molecule has 1 aromatic heterocycles. The molecule has 1 N–H and O–H groups in total. The number of nitrogens with zero attached hydrogens (tertiary/aromatic N) is 3. The fourth-order valence-corrected chi connectivity index (χ4v) is 4.04. The van der Waals surface area contributed by atoms with E-state index in [4.69, 9.17) is 0 Å². The van der Waals surface area contributed by atoms with E-state index in [1.165, 1.54) is 24.6 Å². The molecule has 148 valence electrons. The predicted octanol–water partition coefficient (Wildman–Crippen LogP) is 2.79. The summed E-state index contributed by atoms with van der Waals surface area (Å²) in [4.78, 5) is 33.6. The normalized spacial score (nSPS) is 13.4. The molecule has 0 aliphatic carbocycles. The molecule has 0 atom stereocenters. The maximum atomic E-state index is 12.7. The highest BCUT2D eigenvalue weighted by molar-refractivity contribution is 8.00. The van der Waals surface area contributed by atoms with Gasteiger partial charge in [0.25, 0.3) is 5.91 Å². The SMILES string of the molecule is CN(C)C(=O)CSc1ccccc1C(=O)NCc1ccnc(N2CCCC2)c1. The van der Waals surface area contributed by atoms with Crippen LogP contribution < -0.4 is 10.2 Å². The smallest absolute Gasteiger partial charge is 0.252 e. The van der Waals surface area contributed by atoms with Crippen LogP contribution in [0.4, 0.5) is 5.82 Å². The molecule has 0 unspecified atom stereocenters. The highest BCUT2D eigenvalue weighted by Gasteiger charge is 2.15. The predicted molar refractivity (Wildman–Crippen MR) is 113 cm³/mol. The number of hydrogen-bond acceptors (Lipinski definition) is 5. The van der Waals surface area contributed by atoms with Crippen LogP contribution in [0.1, 0.15) is 28.8 Å². The Hall–Kier alpha value is -2.54. The Balaban J connectivity index is 1.62. The molecule has 1 fully saturated rings. The van der Waals surface area contributed by atoms with Crippen molar-refractivity contribution >= 4 is 29.4 Å². The first-order valence-electron chi connectivity index (χ1n) is 9.44. The summed E-state index contributed by atoms with van der Waals surface area (Å²) in [5.74, 6) is 1.16. The molecule has 0 radical (unpaired) electrons. The molecule has 1 saturated heterocycles. The topological polar surface area (TPSA) is 65.5 Å². The molecule has 1 aliphatic rings. The molecule has 0 bridgehead atoms. The Kier molecular flexibility index (Phi) is 6.92. The first-order valence-corrected chi connectivity index (χ1v) is 10.4. The van der Waals surface area contributed by atoms with E-state index in [9.17, 15) is 9.59 Å². The highest BCUT2D eigenvalue weighted by atomic mass is 32.2. The maximum Gasteiger partial charge on any atom is 0.252 e. The molecule has 2 amide bonds. The van der Waals surface area contributed by atoms with E-state index in [2.05, 4.69) is 15.2 Å². The summed E-state index contributed by atoms with van der Waals surface area (Å²) in [5.41, 5.74) is 1.62. The van der Waals surface area contributed by atoms with Crippen LogP contribution in [0.5, 0.6) is 0 Å². The zero-order valence-electron chi connectivity index (χ0n) is 16.4. The molecule has 1 aromatic carbocycles. The second kappa shape index (κ2) is 9.59. The van der Waals surface area contributed by atoms with Gasteiger partial charge in [-0.2, -0.15) is 0 Å². The summed E-state index contributed by atoms with van der Waals surface area (Å²) >= 11 is 1.38. The number of aromatic nitrogens is 1. The third-order valence-electron chi connectivity index (χ3n) is 4.67. The number of amides is 2. The van der Waals surface area contributed by atoms with E-state index in [-0.39, 0.29) is 11.8 Å². The summed E-state index contributed by atoms with van der Waals surface area (Å²) in [6.07, 6.45) is 4.20. The number of rotatable bonds is 7. The Morgan fingerprint density at radius 2 is 1.93 bits per heavy atom. The van der Waals surface area contributed by atoms with Crippen LogP contribution in [0.2, 0.25) is 0 Å². The van der Waals surface area contributed by atoms with Crippen LogP contribution in [0, 0.1) is 0 Å².